The first-order chi connectivity index (χ1) is 12.4. The van der Waals surface area contributed by atoms with Gasteiger partial charge < -0.3 is 14.2 Å². The van der Waals surface area contributed by atoms with Crippen molar-refractivity contribution in [2.45, 2.75) is 6.61 Å². The van der Waals surface area contributed by atoms with E-state index >= 15 is 0 Å². The summed E-state index contributed by atoms with van der Waals surface area (Å²) in [6, 6.07) is 4.22. The van der Waals surface area contributed by atoms with Gasteiger partial charge >= 0.3 is 12.6 Å². The van der Waals surface area contributed by atoms with E-state index in [-0.39, 0.29) is 21.6 Å². The monoisotopic (exact) mass is 385 g/mol. The second kappa shape index (κ2) is 8.94. The van der Waals surface area contributed by atoms with Crippen molar-refractivity contribution in [3.05, 3.63) is 34.7 Å². The van der Waals surface area contributed by atoms with Crippen molar-refractivity contribution in [1.82, 2.24) is 5.32 Å². The van der Waals surface area contributed by atoms with Gasteiger partial charge in [-0.05, 0) is 35.5 Å². The number of nitrogens with one attached hydrogen (secondary N) is 1. The number of amidine groups is 1. The number of alkyl halides is 2. The molecule has 1 heterocycles. The maximum atomic E-state index is 12.3. The lowest BCUT2D eigenvalue weighted by atomic mass is 10.2. The molecule has 1 aliphatic heterocycles. The Bertz CT molecular complexity index is 795. The van der Waals surface area contributed by atoms with Crippen molar-refractivity contribution in [2.24, 2.45) is 10.2 Å². The van der Waals surface area contributed by atoms with Gasteiger partial charge in [-0.15, -0.1) is 5.10 Å². The quantitative estimate of drug-likeness (QED) is 0.348. The number of hydrogen-bond donors (Lipinski definition) is 1. The number of hydrogen-bond acceptors (Lipinski definition) is 8. The largest absolute Gasteiger partial charge is 0.493 e. The second-order valence-electron chi connectivity index (χ2n) is 4.53. The molecule has 1 fully saturated rings. The lowest BCUT2D eigenvalue weighted by Crippen LogP contribution is -2.19. The van der Waals surface area contributed by atoms with E-state index in [1.807, 2.05) is 0 Å². The molecule has 1 amide bonds. The third kappa shape index (κ3) is 5.28. The molecule has 0 aromatic heterocycles. The van der Waals surface area contributed by atoms with E-state index in [9.17, 15) is 18.4 Å². The number of benzene rings is 1. The summed E-state index contributed by atoms with van der Waals surface area (Å²) in [4.78, 5) is 22.9. The Morgan fingerprint density at radius 1 is 1.31 bits per heavy atom. The van der Waals surface area contributed by atoms with Gasteiger partial charge in [-0.1, -0.05) is 0 Å². The summed E-state index contributed by atoms with van der Waals surface area (Å²) in [5.74, 6) is -1.16. The average molecular weight is 385 g/mol. The summed E-state index contributed by atoms with van der Waals surface area (Å²) in [5.41, 5.74) is 0.507. The highest BCUT2D eigenvalue weighted by Crippen LogP contribution is 2.29. The Morgan fingerprint density at radius 3 is 2.73 bits per heavy atom. The van der Waals surface area contributed by atoms with Crippen LogP contribution in [-0.2, 0) is 14.3 Å². The van der Waals surface area contributed by atoms with Gasteiger partial charge in [0.25, 0.3) is 5.91 Å². The molecule has 1 aromatic carbocycles. The molecule has 8 nitrogen and oxygen atoms in total. The van der Waals surface area contributed by atoms with E-state index in [1.165, 1.54) is 38.6 Å². The zero-order valence-corrected chi connectivity index (χ0v) is 14.4. The number of thioether (sulfide) groups is 1. The van der Waals surface area contributed by atoms with Crippen LogP contribution in [0.25, 0.3) is 0 Å². The van der Waals surface area contributed by atoms with Crippen LogP contribution in [0.2, 0.25) is 0 Å². The standard InChI is InChI=1S/C15H13F2N3O5S/c1-23-10-5-8(3-4-9(10)25-14(16)17)7-18-20-15-19-13(22)11(26-15)6-12(21)24-2/h3-7,14H,1-2H3,(H,19,20,22)/b11-6+,18-7?. The molecule has 138 valence electrons. The van der Waals surface area contributed by atoms with Crippen molar-refractivity contribution in [3.8, 4) is 11.5 Å². The van der Waals surface area contributed by atoms with Crippen LogP contribution >= 0.6 is 11.8 Å². The molecule has 1 N–H and O–H groups in total. The third-order valence-corrected chi connectivity index (χ3v) is 3.76. The normalized spacial score (nSPS) is 17.2. The number of esters is 1. The molecule has 1 aromatic rings. The van der Waals surface area contributed by atoms with Crippen LogP contribution in [0.3, 0.4) is 0 Å². The lowest BCUT2D eigenvalue weighted by molar-refractivity contribution is -0.135. The van der Waals surface area contributed by atoms with Gasteiger partial charge in [-0.3, -0.25) is 10.1 Å². The smallest absolute Gasteiger partial charge is 0.387 e. The first-order valence-electron chi connectivity index (χ1n) is 6.95. The minimum absolute atomic E-state index is 0.105. The number of methoxy groups -OCH3 is 2. The summed E-state index contributed by atoms with van der Waals surface area (Å²) in [5, 5.41) is 10.2. The first-order valence-corrected chi connectivity index (χ1v) is 7.77. The number of carbonyl (C=O) groups excluding carboxylic acids is 2. The predicted octanol–water partition coefficient (Wildman–Crippen LogP) is 1.91. The van der Waals surface area contributed by atoms with Crippen molar-refractivity contribution in [1.29, 1.82) is 0 Å². The van der Waals surface area contributed by atoms with Crippen molar-refractivity contribution in [3.63, 3.8) is 0 Å². The summed E-state index contributed by atoms with van der Waals surface area (Å²) in [6.07, 6.45) is 2.37. The maximum absolute atomic E-state index is 12.3. The van der Waals surface area contributed by atoms with E-state index < -0.39 is 18.5 Å². The van der Waals surface area contributed by atoms with Crippen molar-refractivity contribution >= 4 is 35.0 Å². The lowest BCUT2D eigenvalue weighted by Gasteiger charge is -2.09. The van der Waals surface area contributed by atoms with E-state index in [2.05, 4.69) is 25.0 Å². The molecule has 0 radical (unpaired) electrons. The minimum atomic E-state index is -2.97. The van der Waals surface area contributed by atoms with Crippen molar-refractivity contribution in [2.75, 3.05) is 14.2 Å². The molecule has 1 saturated heterocycles. The molecule has 0 aliphatic carbocycles. The Balaban J connectivity index is 2.08. The number of ether oxygens (including phenoxy) is 3. The van der Waals surface area contributed by atoms with Gasteiger partial charge in [0.15, 0.2) is 16.7 Å². The van der Waals surface area contributed by atoms with Crippen LogP contribution in [0.1, 0.15) is 5.56 Å². The highest BCUT2D eigenvalue weighted by molar-refractivity contribution is 8.18. The van der Waals surface area contributed by atoms with E-state index in [0.29, 0.717) is 5.56 Å². The molecule has 0 spiro atoms. The van der Waals surface area contributed by atoms with E-state index in [4.69, 9.17) is 4.74 Å². The van der Waals surface area contributed by atoms with Gasteiger partial charge in [0.1, 0.15) is 0 Å². The fraction of sp³-hybridized carbons (Fsp3) is 0.200. The minimum Gasteiger partial charge on any atom is -0.493 e. The number of rotatable bonds is 6. The van der Waals surface area contributed by atoms with Gasteiger partial charge in [0, 0.05) is 6.08 Å². The molecule has 0 atom stereocenters. The topological polar surface area (TPSA) is 98.6 Å². The van der Waals surface area contributed by atoms with Crippen LogP contribution in [-0.4, -0.2) is 44.1 Å². The molecule has 0 saturated carbocycles. The first kappa shape index (κ1) is 19.4. The Morgan fingerprint density at radius 2 is 2.08 bits per heavy atom. The van der Waals surface area contributed by atoms with Crippen LogP contribution < -0.4 is 14.8 Å². The van der Waals surface area contributed by atoms with Crippen LogP contribution in [0.4, 0.5) is 8.78 Å². The number of carbonyl (C=O) groups is 2. The molecular weight excluding hydrogens is 372 g/mol. The summed E-state index contributed by atoms with van der Waals surface area (Å²) < 4.78 is 38.3. The molecule has 0 unspecified atom stereocenters. The molecule has 11 heteroatoms. The molecule has 1 aliphatic rings. The highest BCUT2D eigenvalue weighted by Gasteiger charge is 2.25. The SMILES string of the molecule is COC(=O)/C=C1/S/C(=N\N=Cc2ccc(OC(F)F)c(OC)c2)NC1=O. The second-order valence-corrected chi connectivity index (χ2v) is 5.56. The van der Waals surface area contributed by atoms with Crippen LogP contribution in [0.5, 0.6) is 11.5 Å². The molecule has 26 heavy (non-hydrogen) atoms. The summed E-state index contributed by atoms with van der Waals surface area (Å²) >= 11 is 0.922. The fourth-order valence-corrected chi connectivity index (χ4v) is 2.49. The molecular formula is C15H13F2N3O5S. The zero-order valence-electron chi connectivity index (χ0n) is 13.6. The third-order valence-electron chi connectivity index (χ3n) is 2.86. The van der Waals surface area contributed by atoms with Crippen LogP contribution in [0.15, 0.2) is 39.4 Å². The predicted molar refractivity (Wildman–Crippen MR) is 90.5 cm³/mol. The van der Waals surface area contributed by atoms with Gasteiger partial charge in [0.2, 0.25) is 0 Å². The zero-order chi connectivity index (χ0) is 19.1. The van der Waals surface area contributed by atoms with E-state index in [1.54, 1.807) is 0 Å². The van der Waals surface area contributed by atoms with Gasteiger partial charge in [0.05, 0.1) is 25.3 Å². The van der Waals surface area contributed by atoms with Crippen LogP contribution in [0, 0.1) is 0 Å². The van der Waals surface area contributed by atoms with Gasteiger partial charge in [-0.2, -0.15) is 13.9 Å². The van der Waals surface area contributed by atoms with Crippen molar-refractivity contribution < 1.29 is 32.6 Å². The average Bonchev–Trinajstić information content (AvgIpc) is 2.95. The number of nitrogens with zero attached hydrogens (tertiary/aromatic N) is 2. The van der Waals surface area contributed by atoms with Gasteiger partial charge in [-0.25, -0.2) is 4.79 Å². The Labute approximate surface area is 150 Å². The maximum Gasteiger partial charge on any atom is 0.387 e. The Hall–Kier alpha value is -2.95. The molecule has 2 rings (SSSR count). The number of amides is 1. The summed E-state index contributed by atoms with van der Waals surface area (Å²) in [7, 11) is 2.51. The number of halogens is 2. The Kier molecular flexibility index (Phi) is 6.67. The molecule has 0 bridgehead atoms. The highest BCUT2D eigenvalue weighted by atomic mass is 32.2. The van der Waals surface area contributed by atoms with E-state index in [0.717, 1.165) is 17.8 Å². The fourth-order valence-electron chi connectivity index (χ4n) is 1.75. The summed E-state index contributed by atoms with van der Waals surface area (Å²) in [6.45, 7) is -2.97.